The monoisotopic (exact) mass is 286 g/mol. The molecule has 0 saturated heterocycles. The molecule has 0 saturated carbocycles. The summed E-state index contributed by atoms with van der Waals surface area (Å²) in [7, 11) is 5.23. The van der Waals surface area contributed by atoms with Crippen LogP contribution in [0, 0.1) is 0 Å². The minimum absolute atomic E-state index is 0.759. The molecule has 2 aromatic rings. The molecule has 2 aromatic carbocycles. The van der Waals surface area contributed by atoms with E-state index in [1.54, 1.807) is 14.2 Å². The largest absolute Gasteiger partial charge is 0.493 e. The van der Waals surface area contributed by atoms with Crippen LogP contribution in [0.25, 0.3) is 0 Å². The standard InChI is InChI=1S/C17H22N2O2/c1-18-14-6-4-5-7-15(14)19-11-10-13-8-9-16(20-2)17(12-13)21-3/h4-9,12,18-19H,10-11H2,1-3H3. The van der Waals surface area contributed by atoms with Crippen molar-refractivity contribution in [1.82, 2.24) is 0 Å². The number of nitrogens with one attached hydrogen (secondary N) is 2. The molecule has 112 valence electrons. The third-order valence-electron chi connectivity index (χ3n) is 3.37. The number of benzene rings is 2. The van der Waals surface area contributed by atoms with Crippen molar-refractivity contribution < 1.29 is 9.47 Å². The third kappa shape index (κ3) is 3.81. The molecule has 2 N–H and O–H groups in total. The molecule has 4 nitrogen and oxygen atoms in total. The predicted molar refractivity (Wildman–Crippen MR) is 87.7 cm³/mol. The first-order valence-electron chi connectivity index (χ1n) is 7.00. The smallest absolute Gasteiger partial charge is 0.160 e. The van der Waals surface area contributed by atoms with Crippen LogP contribution in [0.1, 0.15) is 5.56 Å². The van der Waals surface area contributed by atoms with Crippen molar-refractivity contribution in [1.29, 1.82) is 0 Å². The topological polar surface area (TPSA) is 42.5 Å². The molecule has 0 unspecified atom stereocenters. The lowest BCUT2D eigenvalue weighted by atomic mass is 10.1. The van der Waals surface area contributed by atoms with Crippen molar-refractivity contribution in [3.63, 3.8) is 0 Å². The number of para-hydroxylation sites is 2. The van der Waals surface area contributed by atoms with Gasteiger partial charge in [-0.25, -0.2) is 0 Å². The molecule has 0 spiro atoms. The fraction of sp³-hybridized carbons (Fsp3) is 0.294. The second-order valence-electron chi connectivity index (χ2n) is 4.66. The summed E-state index contributed by atoms with van der Waals surface area (Å²) in [6.45, 7) is 0.855. The molecule has 21 heavy (non-hydrogen) atoms. The van der Waals surface area contributed by atoms with Crippen molar-refractivity contribution in [3.05, 3.63) is 48.0 Å². The first-order valence-corrected chi connectivity index (χ1v) is 7.00. The maximum Gasteiger partial charge on any atom is 0.160 e. The summed E-state index contributed by atoms with van der Waals surface area (Å²) in [5.74, 6) is 1.53. The van der Waals surface area contributed by atoms with E-state index in [-0.39, 0.29) is 0 Å². The molecule has 0 aliphatic rings. The number of rotatable bonds is 7. The van der Waals surface area contributed by atoms with E-state index in [0.29, 0.717) is 0 Å². The molecule has 0 aliphatic carbocycles. The molecule has 0 bridgehead atoms. The molecule has 0 aliphatic heterocycles. The van der Waals surface area contributed by atoms with Gasteiger partial charge in [-0.15, -0.1) is 0 Å². The Kier molecular flexibility index (Phi) is 5.32. The van der Waals surface area contributed by atoms with Crippen LogP contribution in [0.5, 0.6) is 11.5 Å². The third-order valence-corrected chi connectivity index (χ3v) is 3.37. The Bertz CT molecular complexity index is 585. The van der Waals surface area contributed by atoms with Crippen molar-refractivity contribution in [2.45, 2.75) is 6.42 Å². The lowest BCUT2D eigenvalue weighted by Gasteiger charge is -2.12. The fourth-order valence-corrected chi connectivity index (χ4v) is 2.23. The molecule has 2 rings (SSSR count). The second kappa shape index (κ2) is 7.43. The first kappa shape index (κ1) is 15.0. The van der Waals surface area contributed by atoms with Crippen molar-refractivity contribution in [2.24, 2.45) is 0 Å². The van der Waals surface area contributed by atoms with Gasteiger partial charge in [0.25, 0.3) is 0 Å². The Labute approximate surface area is 126 Å². The van der Waals surface area contributed by atoms with Gasteiger partial charge in [-0.05, 0) is 36.2 Å². The van der Waals surface area contributed by atoms with Crippen LogP contribution in [0.2, 0.25) is 0 Å². The second-order valence-corrected chi connectivity index (χ2v) is 4.66. The highest BCUT2D eigenvalue weighted by Crippen LogP contribution is 2.27. The summed E-state index contributed by atoms with van der Waals surface area (Å²) >= 11 is 0. The molecule has 0 heterocycles. The maximum atomic E-state index is 5.32. The Morgan fingerprint density at radius 3 is 2.29 bits per heavy atom. The van der Waals surface area contributed by atoms with Gasteiger partial charge in [0.15, 0.2) is 11.5 Å². The Morgan fingerprint density at radius 2 is 1.62 bits per heavy atom. The minimum atomic E-state index is 0.759. The van der Waals surface area contributed by atoms with E-state index in [1.165, 1.54) is 5.56 Å². The van der Waals surface area contributed by atoms with Crippen LogP contribution >= 0.6 is 0 Å². The van der Waals surface area contributed by atoms with Crippen molar-refractivity contribution in [3.8, 4) is 11.5 Å². The highest BCUT2D eigenvalue weighted by atomic mass is 16.5. The van der Waals surface area contributed by atoms with Crippen LogP contribution in [0.4, 0.5) is 11.4 Å². The van der Waals surface area contributed by atoms with Gasteiger partial charge < -0.3 is 20.1 Å². The predicted octanol–water partition coefficient (Wildman–Crippen LogP) is 3.40. The van der Waals surface area contributed by atoms with Crippen molar-refractivity contribution >= 4 is 11.4 Å². The van der Waals surface area contributed by atoms with Crippen LogP contribution < -0.4 is 20.1 Å². The van der Waals surface area contributed by atoms with E-state index in [4.69, 9.17) is 9.47 Å². The van der Waals surface area contributed by atoms with E-state index in [2.05, 4.69) is 28.8 Å². The van der Waals surface area contributed by atoms with Gasteiger partial charge in [0, 0.05) is 13.6 Å². The van der Waals surface area contributed by atoms with Gasteiger partial charge >= 0.3 is 0 Å². The van der Waals surface area contributed by atoms with Crippen LogP contribution in [0.15, 0.2) is 42.5 Å². The molecule has 0 radical (unpaired) electrons. The van der Waals surface area contributed by atoms with E-state index in [1.807, 2.05) is 31.3 Å². The van der Waals surface area contributed by atoms with Crippen molar-refractivity contribution in [2.75, 3.05) is 38.4 Å². The lowest BCUT2D eigenvalue weighted by Crippen LogP contribution is -2.07. The SMILES string of the molecule is CNc1ccccc1NCCc1ccc(OC)c(OC)c1. The Hall–Kier alpha value is -2.36. The summed E-state index contributed by atoms with van der Waals surface area (Å²) in [4.78, 5) is 0. The zero-order chi connectivity index (χ0) is 15.1. The molecule has 0 amide bonds. The molecule has 0 fully saturated rings. The fourth-order valence-electron chi connectivity index (χ4n) is 2.23. The summed E-state index contributed by atoms with van der Waals surface area (Å²) in [6.07, 6.45) is 0.915. The van der Waals surface area contributed by atoms with Gasteiger partial charge in [-0.1, -0.05) is 18.2 Å². The molecule has 0 atom stereocenters. The van der Waals surface area contributed by atoms with Gasteiger partial charge in [0.05, 0.1) is 25.6 Å². The van der Waals surface area contributed by atoms with Crippen LogP contribution in [0.3, 0.4) is 0 Å². The minimum Gasteiger partial charge on any atom is -0.493 e. The highest BCUT2D eigenvalue weighted by Gasteiger charge is 2.05. The molecule has 4 heteroatoms. The van der Waals surface area contributed by atoms with E-state index >= 15 is 0 Å². The van der Waals surface area contributed by atoms with Crippen LogP contribution in [-0.4, -0.2) is 27.8 Å². The summed E-state index contributed by atoms with van der Waals surface area (Å²) in [6, 6.07) is 14.2. The normalized spacial score (nSPS) is 10.0. The zero-order valence-electron chi connectivity index (χ0n) is 12.8. The van der Waals surface area contributed by atoms with Gasteiger partial charge in [-0.2, -0.15) is 0 Å². The van der Waals surface area contributed by atoms with E-state index in [0.717, 1.165) is 35.8 Å². The summed E-state index contributed by atoms with van der Waals surface area (Å²) in [5, 5.41) is 6.62. The zero-order valence-corrected chi connectivity index (χ0v) is 12.8. The Morgan fingerprint density at radius 1 is 0.905 bits per heavy atom. The van der Waals surface area contributed by atoms with E-state index < -0.39 is 0 Å². The van der Waals surface area contributed by atoms with Crippen LogP contribution in [-0.2, 0) is 6.42 Å². The summed E-state index contributed by atoms with van der Waals surface area (Å²) < 4.78 is 10.6. The van der Waals surface area contributed by atoms with E-state index in [9.17, 15) is 0 Å². The average molecular weight is 286 g/mol. The number of methoxy groups -OCH3 is 2. The first-order chi connectivity index (χ1) is 10.3. The lowest BCUT2D eigenvalue weighted by molar-refractivity contribution is 0.354. The number of hydrogen-bond donors (Lipinski definition) is 2. The maximum absolute atomic E-state index is 5.32. The quantitative estimate of drug-likeness (QED) is 0.818. The number of hydrogen-bond acceptors (Lipinski definition) is 4. The van der Waals surface area contributed by atoms with Gasteiger partial charge in [0.2, 0.25) is 0 Å². The highest BCUT2D eigenvalue weighted by molar-refractivity contribution is 5.68. The van der Waals surface area contributed by atoms with Gasteiger partial charge in [0.1, 0.15) is 0 Å². The Balaban J connectivity index is 1.97. The average Bonchev–Trinajstić information content (AvgIpc) is 2.55. The molecular formula is C17H22N2O2. The molecular weight excluding hydrogens is 264 g/mol. The molecule has 0 aromatic heterocycles. The summed E-state index contributed by atoms with van der Waals surface area (Å²) in [5.41, 5.74) is 3.42. The number of anilines is 2. The van der Waals surface area contributed by atoms with Gasteiger partial charge in [-0.3, -0.25) is 0 Å². The number of ether oxygens (including phenoxy) is 2.